The molecule has 98 valence electrons. The summed E-state index contributed by atoms with van der Waals surface area (Å²) in [7, 11) is 0. The van der Waals surface area contributed by atoms with Crippen LogP contribution < -0.4 is 0 Å². The van der Waals surface area contributed by atoms with Gasteiger partial charge in [0.05, 0.1) is 0 Å². The molecule has 0 heteroatoms. The lowest BCUT2D eigenvalue weighted by molar-refractivity contribution is 0.754. The molecule has 0 aliphatic heterocycles. The van der Waals surface area contributed by atoms with Gasteiger partial charge in [-0.2, -0.15) is 0 Å². The summed E-state index contributed by atoms with van der Waals surface area (Å²) < 4.78 is 0. The van der Waals surface area contributed by atoms with E-state index in [-0.39, 0.29) is 0 Å². The van der Waals surface area contributed by atoms with Gasteiger partial charge in [0.1, 0.15) is 0 Å². The smallest absolute Gasteiger partial charge is 0.0324 e. The number of hydrogen-bond acceptors (Lipinski definition) is 0. The van der Waals surface area contributed by atoms with Crippen molar-refractivity contribution in [3.8, 4) is 11.8 Å². The lowest BCUT2D eigenvalue weighted by Gasteiger charge is -2.04. The standard InChI is InChI=1S/C20H18/c1-15(2)19-13-18-10-6-9-17(20(18)14-19)12-11-16-7-4-3-5-8-16/h3-10,14-15H,13H2,1-2H3. The second-order valence-electron chi connectivity index (χ2n) is 5.55. The summed E-state index contributed by atoms with van der Waals surface area (Å²) in [6.45, 7) is 4.51. The van der Waals surface area contributed by atoms with E-state index in [4.69, 9.17) is 0 Å². The van der Waals surface area contributed by atoms with Crippen molar-refractivity contribution in [1.29, 1.82) is 0 Å². The van der Waals surface area contributed by atoms with Gasteiger partial charge in [-0.15, -0.1) is 0 Å². The third-order valence-electron chi connectivity index (χ3n) is 3.78. The molecule has 0 spiro atoms. The molecule has 3 rings (SSSR count). The normalized spacial score (nSPS) is 12.7. The van der Waals surface area contributed by atoms with Crippen LogP contribution in [0.5, 0.6) is 0 Å². The summed E-state index contributed by atoms with van der Waals surface area (Å²) in [5, 5.41) is 0. The second kappa shape index (κ2) is 5.39. The molecule has 0 radical (unpaired) electrons. The molecule has 0 nitrogen and oxygen atoms in total. The van der Waals surface area contributed by atoms with Crippen LogP contribution in [0, 0.1) is 17.8 Å². The summed E-state index contributed by atoms with van der Waals surface area (Å²) in [5.41, 5.74) is 6.44. The van der Waals surface area contributed by atoms with E-state index in [1.165, 1.54) is 16.7 Å². The van der Waals surface area contributed by atoms with Gasteiger partial charge in [-0.1, -0.05) is 67.7 Å². The summed E-state index contributed by atoms with van der Waals surface area (Å²) in [4.78, 5) is 0. The zero-order valence-electron chi connectivity index (χ0n) is 12.0. The number of benzene rings is 2. The molecule has 0 saturated carbocycles. The van der Waals surface area contributed by atoms with Crippen molar-refractivity contribution >= 4 is 6.08 Å². The summed E-state index contributed by atoms with van der Waals surface area (Å²) in [6, 6.07) is 16.6. The Labute approximate surface area is 121 Å². The molecular weight excluding hydrogens is 240 g/mol. The van der Waals surface area contributed by atoms with Crippen molar-refractivity contribution < 1.29 is 0 Å². The molecule has 2 aromatic carbocycles. The molecule has 20 heavy (non-hydrogen) atoms. The Morgan fingerprint density at radius 3 is 2.45 bits per heavy atom. The molecule has 0 atom stereocenters. The Hall–Kier alpha value is -2.26. The van der Waals surface area contributed by atoms with E-state index >= 15 is 0 Å². The van der Waals surface area contributed by atoms with E-state index in [0.717, 1.165) is 17.5 Å². The first-order valence-electron chi connectivity index (χ1n) is 7.13. The molecule has 0 heterocycles. The highest BCUT2D eigenvalue weighted by molar-refractivity contribution is 5.70. The number of hydrogen-bond donors (Lipinski definition) is 0. The molecule has 1 aliphatic carbocycles. The maximum absolute atomic E-state index is 3.33. The van der Waals surface area contributed by atoms with Crippen molar-refractivity contribution in [2.75, 3.05) is 0 Å². The highest BCUT2D eigenvalue weighted by Crippen LogP contribution is 2.31. The zero-order valence-corrected chi connectivity index (χ0v) is 12.0. The van der Waals surface area contributed by atoms with Crippen LogP contribution in [0.3, 0.4) is 0 Å². The molecule has 0 aromatic heterocycles. The third-order valence-corrected chi connectivity index (χ3v) is 3.78. The van der Waals surface area contributed by atoms with E-state index in [2.05, 4.69) is 50.0 Å². The van der Waals surface area contributed by atoms with E-state index in [1.54, 1.807) is 0 Å². The minimum atomic E-state index is 0.609. The molecule has 0 amide bonds. The van der Waals surface area contributed by atoms with Crippen molar-refractivity contribution in [2.24, 2.45) is 5.92 Å². The van der Waals surface area contributed by atoms with Crippen molar-refractivity contribution in [2.45, 2.75) is 20.3 Å². The molecule has 2 aromatic rings. The zero-order chi connectivity index (χ0) is 13.9. The summed E-state index contributed by atoms with van der Waals surface area (Å²) in [6.07, 6.45) is 3.41. The van der Waals surface area contributed by atoms with Crippen LogP contribution in [-0.2, 0) is 6.42 Å². The molecular formula is C20H18. The van der Waals surface area contributed by atoms with E-state index in [0.29, 0.717) is 5.92 Å². The Balaban J connectivity index is 1.98. The van der Waals surface area contributed by atoms with Gasteiger partial charge in [-0.25, -0.2) is 0 Å². The molecule has 0 unspecified atom stereocenters. The first kappa shape index (κ1) is 12.8. The van der Waals surface area contributed by atoms with E-state index in [9.17, 15) is 0 Å². The molecule has 0 saturated heterocycles. The highest BCUT2D eigenvalue weighted by atomic mass is 14.2. The Morgan fingerprint density at radius 1 is 0.900 bits per heavy atom. The van der Waals surface area contributed by atoms with Crippen LogP contribution in [0.15, 0.2) is 54.1 Å². The monoisotopic (exact) mass is 258 g/mol. The fraction of sp³-hybridized carbons (Fsp3) is 0.200. The predicted molar refractivity (Wildman–Crippen MR) is 85.4 cm³/mol. The molecule has 0 fully saturated rings. The first-order chi connectivity index (χ1) is 9.74. The fourth-order valence-corrected chi connectivity index (χ4v) is 2.53. The molecule has 0 N–H and O–H groups in total. The average Bonchev–Trinajstić information content (AvgIpc) is 2.91. The van der Waals surface area contributed by atoms with Gasteiger partial charge in [0.15, 0.2) is 0 Å². The van der Waals surface area contributed by atoms with Crippen LogP contribution in [0.4, 0.5) is 0 Å². The van der Waals surface area contributed by atoms with Crippen molar-refractivity contribution in [3.63, 3.8) is 0 Å². The lowest BCUT2D eigenvalue weighted by atomic mass is 10.0. The minimum Gasteiger partial charge on any atom is -0.0626 e. The minimum absolute atomic E-state index is 0.609. The molecule has 0 bridgehead atoms. The quantitative estimate of drug-likeness (QED) is 0.651. The predicted octanol–water partition coefficient (Wildman–Crippen LogP) is 4.68. The molecule has 1 aliphatic rings. The second-order valence-corrected chi connectivity index (χ2v) is 5.55. The SMILES string of the molecule is CC(C)C1=Cc2c(C#Cc3ccccc3)cccc2C1. The van der Waals surface area contributed by atoms with Gasteiger partial charge in [-0.05, 0) is 41.7 Å². The maximum Gasteiger partial charge on any atom is 0.0324 e. The van der Waals surface area contributed by atoms with Crippen molar-refractivity contribution in [3.05, 3.63) is 76.4 Å². The van der Waals surface area contributed by atoms with Gasteiger partial charge in [-0.3, -0.25) is 0 Å². The van der Waals surface area contributed by atoms with Gasteiger partial charge >= 0.3 is 0 Å². The summed E-state index contributed by atoms with van der Waals surface area (Å²) >= 11 is 0. The van der Waals surface area contributed by atoms with Gasteiger partial charge in [0.25, 0.3) is 0 Å². The van der Waals surface area contributed by atoms with E-state index in [1.807, 2.05) is 30.3 Å². The third kappa shape index (κ3) is 2.53. The topological polar surface area (TPSA) is 0 Å². The number of fused-ring (bicyclic) bond motifs is 1. The van der Waals surface area contributed by atoms with Crippen LogP contribution in [0.1, 0.15) is 36.1 Å². The van der Waals surface area contributed by atoms with Crippen molar-refractivity contribution in [1.82, 2.24) is 0 Å². The number of allylic oxidation sites excluding steroid dienone is 1. The van der Waals surface area contributed by atoms with Gasteiger partial charge in [0, 0.05) is 11.1 Å². The number of rotatable bonds is 1. The maximum atomic E-state index is 3.33. The first-order valence-corrected chi connectivity index (χ1v) is 7.13. The van der Waals surface area contributed by atoms with Crippen LogP contribution in [-0.4, -0.2) is 0 Å². The summed E-state index contributed by atoms with van der Waals surface area (Å²) in [5.74, 6) is 7.19. The highest BCUT2D eigenvalue weighted by Gasteiger charge is 2.16. The van der Waals surface area contributed by atoms with Crippen LogP contribution in [0.25, 0.3) is 6.08 Å². The van der Waals surface area contributed by atoms with Crippen LogP contribution in [0.2, 0.25) is 0 Å². The Morgan fingerprint density at radius 2 is 1.70 bits per heavy atom. The van der Waals surface area contributed by atoms with Gasteiger partial charge < -0.3 is 0 Å². The largest absolute Gasteiger partial charge is 0.0626 e. The van der Waals surface area contributed by atoms with E-state index < -0.39 is 0 Å². The average molecular weight is 258 g/mol. The Bertz CT molecular complexity index is 707. The Kier molecular flexibility index (Phi) is 3.44. The lowest BCUT2D eigenvalue weighted by Crippen LogP contribution is -1.92. The fourth-order valence-electron chi connectivity index (χ4n) is 2.53. The van der Waals surface area contributed by atoms with Crippen LogP contribution >= 0.6 is 0 Å². The van der Waals surface area contributed by atoms with Gasteiger partial charge in [0.2, 0.25) is 0 Å².